The van der Waals surface area contributed by atoms with Crippen molar-refractivity contribution in [3.63, 3.8) is 0 Å². The first kappa shape index (κ1) is 13.1. The number of thiophene rings is 1. The van der Waals surface area contributed by atoms with Crippen LogP contribution in [0, 0.1) is 5.82 Å². The highest BCUT2D eigenvalue weighted by atomic mass is 79.9. The number of nitrogens with one attached hydrogen (secondary N) is 1. The second-order valence-electron chi connectivity index (χ2n) is 3.28. The van der Waals surface area contributed by atoms with Gasteiger partial charge in [-0.25, -0.2) is 9.82 Å². The minimum Gasteiger partial charge on any atom is -0.271 e. The van der Waals surface area contributed by atoms with Gasteiger partial charge in [0.2, 0.25) is 0 Å². The monoisotopic (exact) mass is 379 g/mol. The highest BCUT2D eigenvalue weighted by Gasteiger charge is 2.20. The Hall–Kier alpha value is -0.340. The molecule has 1 atom stereocenters. The molecule has 0 amide bonds. The molecule has 0 saturated heterocycles. The summed E-state index contributed by atoms with van der Waals surface area (Å²) >= 11 is 8.33. The third-order valence-electron chi connectivity index (χ3n) is 2.28. The molecule has 1 unspecified atom stereocenters. The van der Waals surface area contributed by atoms with Crippen molar-refractivity contribution in [3.8, 4) is 0 Å². The maximum absolute atomic E-state index is 13.7. The highest BCUT2D eigenvalue weighted by Crippen LogP contribution is 2.37. The van der Waals surface area contributed by atoms with E-state index in [1.54, 1.807) is 6.07 Å². The molecular weight excluding hydrogens is 373 g/mol. The van der Waals surface area contributed by atoms with Gasteiger partial charge < -0.3 is 0 Å². The molecule has 0 aliphatic carbocycles. The second-order valence-corrected chi connectivity index (χ2v) is 7.03. The van der Waals surface area contributed by atoms with Crippen LogP contribution in [0.15, 0.2) is 32.1 Å². The van der Waals surface area contributed by atoms with Gasteiger partial charge in [-0.15, -0.1) is 11.3 Å². The molecule has 0 saturated carbocycles. The van der Waals surface area contributed by atoms with Crippen molar-refractivity contribution in [3.05, 3.63) is 49.0 Å². The zero-order valence-corrected chi connectivity index (χ0v) is 12.4. The van der Waals surface area contributed by atoms with E-state index in [0.29, 0.717) is 5.56 Å². The van der Waals surface area contributed by atoms with Gasteiger partial charge in [0.25, 0.3) is 0 Å². The number of hydrazine groups is 1. The van der Waals surface area contributed by atoms with Gasteiger partial charge in [0, 0.05) is 17.3 Å². The summed E-state index contributed by atoms with van der Waals surface area (Å²) in [5.41, 5.74) is 3.97. The van der Waals surface area contributed by atoms with E-state index in [4.69, 9.17) is 5.84 Å². The van der Waals surface area contributed by atoms with Gasteiger partial charge in [0.1, 0.15) is 5.82 Å². The SMILES string of the molecule is NNC(c1ccncc1F)c1cc(Br)sc1Br. The van der Waals surface area contributed by atoms with E-state index in [1.807, 2.05) is 6.07 Å². The Bertz CT molecular complexity index is 532. The fourth-order valence-electron chi connectivity index (χ4n) is 1.52. The van der Waals surface area contributed by atoms with E-state index in [9.17, 15) is 4.39 Å². The van der Waals surface area contributed by atoms with Crippen LogP contribution < -0.4 is 11.3 Å². The van der Waals surface area contributed by atoms with Crippen molar-refractivity contribution in [1.29, 1.82) is 0 Å². The second kappa shape index (κ2) is 5.53. The van der Waals surface area contributed by atoms with Crippen molar-refractivity contribution in [2.24, 2.45) is 5.84 Å². The minimum atomic E-state index is -0.407. The number of pyridine rings is 1. The van der Waals surface area contributed by atoms with Gasteiger partial charge in [-0.2, -0.15) is 0 Å². The first-order chi connectivity index (χ1) is 8.13. The van der Waals surface area contributed by atoms with Crippen LogP contribution >= 0.6 is 43.2 Å². The maximum Gasteiger partial charge on any atom is 0.146 e. The number of hydrogen-bond donors (Lipinski definition) is 2. The zero-order valence-electron chi connectivity index (χ0n) is 8.45. The molecule has 0 bridgehead atoms. The Labute approximate surface area is 118 Å². The van der Waals surface area contributed by atoms with Crippen LogP contribution in [0.3, 0.4) is 0 Å². The number of nitrogens with two attached hydrogens (primary N) is 1. The standard InChI is InChI=1S/C10H8Br2FN3S/c11-8-3-6(10(12)17-8)9(16-14)5-1-2-15-4-7(5)13/h1-4,9,16H,14H2. The molecule has 90 valence electrons. The van der Waals surface area contributed by atoms with Gasteiger partial charge in [0.15, 0.2) is 0 Å². The van der Waals surface area contributed by atoms with Crippen LogP contribution in [-0.4, -0.2) is 4.98 Å². The molecule has 3 nitrogen and oxygen atoms in total. The van der Waals surface area contributed by atoms with Crippen LogP contribution in [-0.2, 0) is 0 Å². The average Bonchev–Trinajstić information content (AvgIpc) is 2.62. The topological polar surface area (TPSA) is 50.9 Å². The van der Waals surface area contributed by atoms with Crippen LogP contribution in [0.1, 0.15) is 17.2 Å². The van der Waals surface area contributed by atoms with E-state index < -0.39 is 6.04 Å². The number of nitrogens with zero attached hydrogens (tertiary/aromatic N) is 1. The van der Waals surface area contributed by atoms with Gasteiger partial charge in [-0.1, -0.05) is 0 Å². The Morgan fingerprint density at radius 2 is 2.18 bits per heavy atom. The molecule has 2 aromatic rings. The molecule has 2 aromatic heterocycles. The van der Waals surface area contributed by atoms with Crippen molar-refractivity contribution < 1.29 is 4.39 Å². The Morgan fingerprint density at radius 3 is 2.71 bits per heavy atom. The molecule has 3 N–H and O–H groups in total. The Morgan fingerprint density at radius 1 is 1.41 bits per heavy atom. The summed E-state index contributed by atoms with van der Waals surface area (Å²) < 4.78 is 15.5. The lowest BCUT2D eigenvalue weighted by molar-refractivity contribution is 0.555. The molecule has 7 heteroatoms. The van der Waals surface area contributed by atoms with E-state index in [-0.39, 0.29) is 5.82 Å². The van der Waals surface area contributed by atoms with Gasteiger partial charge in [-0.05, 0) is 44.0 Å². The van der Waals surface area contributed by atoms with Crippen molar-refractivity contribution in [1.82, 2.24) is 10.4 Å². The summed E-state index contributed by atoms with van der Waals surface area (Å²) in [7, 11) is 0. The van der Waals surface area contributed by atoms with Crippen LogP contribution in [0.2, 0.25) is 0 Å². The molecule has 2 heterocycles. The van der Waals surface area contributed by atoms with E-state index >= 15 is 0 Å². The van der Waals surface area contributed by atoms with E-state index in [2.05, 4.69) is 42.3 Å². The smallest absolute Gasteiger partial charge is 0.146 e. The number of hydrogen-bond acceptors (Lipinski definition) is 4. The summed E-state index contributed by atoms with van der Waals surface area (Å²) in [5, 5.41) is 0. The fraction of sp³-hybridized carbons (Fsp3) is 0.100. The normalized spacial score (nSPS) is 12.7. The van der Waals surface area contributed by atoms with Crippen molar-refractivity contribution >= 4 is 43.2 Å². The molecule has 0 aliphatic heterocycles. The minimum absolute atomic E-state index is 0.385. The maximum atomic E-state index is 13.7. The third-order valence-corrected chi connectivity index (χ3v) is 4.66. The largest absolute Gasteiger partial charge is 0.271 e. The molecule has 0 aromatic carbocycles. The highest BCUT2D eigenvalue weighted by molar-refractivity contribution is 9.12. The average molecular weight is 381 g/mol. The van der Waals surface area contributed by atoms with Crippen LogP contribution in [0.25, 0.3) is 0 Å². The predicted molar refractivity (Wildman–Crippen MR) is 73.1 cm³/mol. The lowest BCUT2D eigenvalue weighted by atomic mass is 10.0. The Balaban J connectivity index is 2.47. The Kier molecular flexibility index (Phi) is 4.26. The van der Waals surface area contributed by atoms with Crippen molar-refractivity contribution in [2.45, 2.75) is 6.04 Å². The molecule has 2 rings (SSSR count). The molecule has 0 spiro atoms. The van der Waals surface area contributed by atoms with E-state index in [0.717, 1.165) is 13.1 Å². The fourth-order valence-corrected chi connectivity index (χ4v) is 4.42. The predicted octanol–water partition coefficient (Wildman–Crippen LogP) is 3.36. The molecule has 0 fully saturated rings. The van der Waals surface area contributed by atoms with Gasteiger partial charge >= 0.3 is 0 Å². The van der Waals surface area contributed by atoms with Crippen molar-refractivity contribution in [2.75, 3.05) is 0 Å². The van der Waals surface area contributed by atoms with Gasteiger partial charge in [-0.3, -0.25) is 10.8 Å². The summed E-state index contributed by atoms with van der Waals surface area (Å²) in [5.74, 6) is 5.13. The number of rotatable bonds is 3. The van der Waals surface area contributed by atoms with E-state index in [1.165, 1.54) is 23.7 Å². The number of halogens is 3. The summed E-state index contributed by atoms with van der Waals surface area (Å²) in [6.07, 6.45) is 2.72. The molecule has 0 radical (unpaired) electrons. The summed E-state index contributed by atoms with van der Waals surface area (Å²) in [6.45, 7) is 0. The quantitative estimate of drug-likeness (QED) is 0.634. The number of aromatic nitrogens is 1. The van der Waals surface area contributed by atoms with Gasteiger partial charge in [0.05, 0.1) is 19.8 Å². The zero-order chi connectivity index (χ0) is 12.4. The molecular formula is C10H8Br2FN3S. The first-order valence-corrected chi connectivity index (χ1v) is 7.04. The third kappa shape index (κ3) is 2.74. The molecule has 0 aliphatic rings. The molecule has 17 heavy (non-hydrogen) atoms. The lowest BCUT2D eigenvalue weighted by Gasteiger charge is -2.16. The summed E-state index contributed by atoms with van der Waals surface area (Å²) in [4.78, 5) is 3.72. The van der Waals surface area contributed by atoms with Crippen LogP contribution in [0.4, 0.5) is 4.39 Å². The van der Waals surface area contributed by atoms with Crippen LogP contribution in [0.5, 0.6) is 0 Å². The lowest BCUT2D eigenvalue weighted by Crippen LogP contribution is -2.29. The summed E-state index contributed by atoms with van der Waals surface area (Å²) in [6, 6.07) is 3.10. The first-order valence-electron chi connectivity index (χ1n) is 4.63.